The van der Waals surface area contributed by atoms with Crippen molar-refractivity contribution in [3.05, 3.63) is 0 Å². The molecule has 15 heavy (non-hydrogen) atoms. The summed E-state index contributed by atoms with van der Waals surface area (Å²) in [6.07, 6.45) is 9.01. The van der Waals surface area contributed by atoms with Crippen LogP contribution < -0.4 is 5.32 Å². The SMILES string of the molecule is CCC(C)C(C#N)NC1CCCCCC1. The lowest BCUT2D eigenvalue weighted by Crippen LogP contribution is -2.40. The molecule has 0 amide bonds. The Labute approximate surface area is 94.1 Å². The standard InChI is InChI=1S/C13H24N2/c1-3-11(2)13(10-14)15-12-8-6-4-5-7-9-12/h11-13,15H,3-9H2,1-2H3. The average molecular weight is 208 g/mol. The first-order valence-electron chi connectivity index (χ1n) is 6.43. The lowest BCUT2D eigenvalue weighted by molar-refractivity contribution is 0.359. The van der Waals surface area contributed by atoms with Crippen LogP contribution in [-0.2, 0) is 0 Å². The van der Waals surface area contributed by atoms with Crippen molar-refractivity contribution < 1.29 is 0 Å². The molecule has 1 aliphatic rings. The Balaban J connectivity index is 2.39. The van der Waals surface area contributed by atoms with Crippen molar-refractivity contribution >= 4 is 0 Å². The zero-order chi connectivity index (χ0) is 11.1. The second-order valence-electron chi connectivity index (χ2n) is 4.85. The van der Waals surface area contributed by atoms with Crippen LogP contribution >= 0.6 is 0 Å². The third-order valence-corrected chi connectivity index (χ3v) is 3.62. The highest BCUT2D eigenvalue weighted by atomic mass is 15.0. The van der Waals surface area contributed by atoms with Crippen molar-refractivity contribution in [1.82, 2.24) is 5.32 Å². The van der Waals surface area contributed by atoms with Crippen LogP contribution in [0.3, 0.4) is 0 Å². The Kier molecular flexibility index (Phi) is 5.71. The molecule has 0 radical (unpaired) electrons. The van der Waals surface area contributed by atoms with E-state index >= 15 is 0 Å². The molecule has 1 rings (SSSR count). The summed E-state index contributed by atoms with van der Waals surface area (Å²) in [7, 11) is 0. The summed E-state index contributed by atoms with van der Waals surface area (Å²) in [4.78, 5) is 0. The van der Waals surface area contributed by atoms with Gasteiger partial charge in [0.2, 0.25) is 0 Å². The molecule has 1 fully saturated rings. The van der Waals surface area contributed by atoms with E-state index in [1.165, 1.54) is 38.5 Å². The fourth-order valence-corrected chi connectivity index (χ4v) is 2.26. The van der Waals surface area contributed by atoms with E-state index in [4.69, 9.17) is 5.26 Å². The Bertz CT molecular complexity index is 199. The second-order valence-corrected chi connectivity index (χ2v) is 4.85. The van der Waals surface area contributed by atoms with Gasteiger partial charge < -0.3 is 0 Å². The fourth-order valence-electron chi connectivity index (χ4n) is 2.26. The maximum absolute atomic E-state index is 9.12. The van der Waals surface area contributed by atoms with Gasteiger partial charge in [-0.1, -0.05) is 46.0 Å². The monoisotopic (exact) mass is 208 g/mol. The molecule has 2 heteroatoms. The first-order valence-corrected chi connectivity index (χ1v) is 6.43. The van der Waals surface area contributed by atoms with Gasteiger partial charge in [-0.25, -0.2) is 0 Å². The topological polar surface area (TPSA) is 35.8 Å². The number of nitrogens with one attached hydrogen (secondary N) is 1. The molecule has 0 spiro atoms. The molecule has 0 aromatic carbocycles. The molecule has 1 N–H and O–H groups in total. The Morgan fingerprint density at radius 3 is 2.33 bits per heavy atom. The van der Waals surface area contributed by atoms with Crippen LogP contribution in [0, 0.1) is 17.2 Å². The molecule has 0 saturated heterocycles. The first-order chi connectivity index (χ1) is 7.27. The number of hydrogen-bond acceptors (Lipinski definition) is 2. The summed E-state index contributed by atoms with van der Waals surface area (Å²) in [6.45, 7) is 4.32. The smallest absolute Gasteiger partial charge is 0.0980 e. The molecule has 2 nitrogen and oxygen atoms in total. The van der Waals surface area contributed by atoms with Crippen molar-refractivity contribution in [2.24, 2.45) is 5.92 Å². The molecule has 1 saturated carbocycles. The number of nitrogens with zero attached hydrogens (tertiary/aromatic N) is 1. The Morgan fingerprint density at radius 1 is 1.27 bits per heavy atom. The lowest BCUT2D eigenvalue weighted by atomic mass is 9.98. The maximum Gasteiger partial charge on any atom is 0.0980 e. The van der Waals surface area contributed by atoms with Crippen LogP contribution in [0.1, 0.15) is 58.8 Å². The zero-order valence-electron chi connectivity index (χ0n) is 10.1. The predicted molar refractivity (Wildman–Crippen MR) is 63.5 cm³/mol. The largest absolute Gasteiger partial charge is 0.299 e. The highest BCUT2D eigenvalue weighted by Crippen LogP contribution is 2.19. The van der Waals surface area contributed by atoms with Crippen LogP contribution in [0.2, 0.25) is 0 Å². The minimum absolute atomic E-state index is 0.0538. The van der Waals surface area contributed by atoms with Crippen molar-refractivity contribution in [3.63, 3.8) is 0 Å². The maximum atomic E-state index is 9.12. The van der Waals surface area contributed by atoms with Gasteiger partial charge in [0.1, 0.15) is 0 Å². The lowest BCUT2D eigenvalue weighted by Gasteiger charge is -2.23. The molecule has 0 aromatic rings. The van der Waals surface area contributed by atoms with E-state index in [9.17, 15) is 0 Å². The minimum atomic E-state index is 0.0538. The third-order valence-electron chi connectivity index (χ3n) is 3.62. The van der Waals surface area contributed by atoms with Crippen LogP contribution in [0.4, 0.5) is 0 Å². The van der Waals surface area contributed by atoms with E-state index in [1.807, 2.05) is 0 Å². The van der Waals surface area contributed by atoms with Crippen LogP contribution in [0.25, 0.3) is 0 Å². The van der Waals surface area contributed by atoms with Gasteiger partial charge in [0, 0.05) is 6.04 Å². The highest BCUT2D eigenvalue weighted by molar-refractivity contribution is 4.95. The van der Waals surface area contributed by atoms with E-state index in [0.717, 1.165) is 6.42 Å². The summed E-state index contributed by atoms with van der Waals surface area (Å²) in [5.74, 6) is 0.471. The fraction of sp³-hybridized carbons (Fsp3) is 0.923. The summed E-state index contributed by atoms with van der Waals surface area (Å²) >= 11 is 0. The van der Waals surface area contributed by atoms with Crippen molar-refractivity contribution in [2.45, 2.75) is 70.9 Å². The Morgan fingerprint density at radius 2 is 1.87 bits per heavy atom. The van der Waals surface area contributed by atoms with E-state index in [1.54, 1.807) is 0 Å². The molecule has 1 aliphatic carbocycles. The van der Waals surface area contributed by atoms with E-state index in [0.29, 0.717) is 12.0 Å². The highest BCUT2D eigenvalue weighted by Gasteiger charge is 2.20. The molecule has 86 valence electrons. The van der Waals surface area contributed by atoms with Crippen LogP contribution in [0.15, 0.2) is 0 Å². The van der Waals surface area contributed by atoms with Crippen molar-refractivity contribution in [1.29, 1.82) is 5.26 Å². The number of rotatable bonds is 4. The van der Waals surface area contributed by atoms with Gasteiger partial charge in [0.05, 0.1) is 12.1 Å². The minimum Gasteiger partial charge on any atom is -0.299 e. The predicted octanol–water partition coefficient (Wildman–Crippen LogP) is 3.24. The van der Waals surface area contributed by atoms with E-state index in [2.05, 4.69) is 25.2 Å². The summed E-state index contributed by atoms with van der Waals surface area (Å²) in [5, 5.41) is 12.7. The molecule has 2 unspecified atom stereocenters. The molecule has 0 aromatic heterocycles. The summed E-state index contributed by atoms with van der Waals surface area (Å²) in [6, 6.07) is 3.05. The third kappa shape index (κ3) is 4.22. The van der Waals surface area contributed by atoms with Gasteiger partial charge in [-0.3, -0.25) is 5.32 Å². The number of nitriles is 1. The quantitative estimate of drug-likeness (QED) is 0.720. The van der Waals surface area contributed by atoms with Gasteiger partial charge >= 0.3 is 0 Å². The first kappa shape index (κ1) is 12.5. The normalized spacial score (nSPS) is 22.7. The van der Waals surface area contributed by atoms with Gasteiger partial charge in [0.15, 0.2) is 0 Å². The van der Waals surface area contributed by atoms with Gasteiger partial charge in [-0.05, 0) is 18.8 Å². The average Bonchev–Trinajstić information content (AvgIpc) is 2.53. The van der Waals surface area contributed by atoms with Gasteiger partial charge in [0.25, 0.3) is 0 Å². The van der Waals surface area contributed by atoms with Crippen molar-refractivity contribution in [2.75, 3.05) is 0 Å². The van der Waals surface area contributed by atoms with Gasteiger partial charge in [-0.15, -0.1) is 0 Å². The van der Waals surface area contributed by atoms with Crippen LogP contribution in [-0.4, -0.2) is 12.1 Å². The molecular weight excluding hydrogens is 184 g/mol. The number of hydrogen-bond donors (Lipinski definition) is 1. The Hall–Kier alpha value is -0.550. The van der Waals surface area contributed by atoms with E-state index in [-0.39, 0.29) is 6.04 Å². The van der Waals surface area contributed by atoms with Gasteiger partial charge in [-0.2, -0.15) is 5.26 Å². The molecule has 0 aliphatic heterocycles. The van der Waals surface area contributed by atoms with Crippen molar-refractivity contribution in [3.8, 4) is 6.07 Å². The second kappa shape index (κ2) is 6.85. The molecule has 2 atom stereocenters. The molecule has 0 bridgehead atoms. The molecular formula is C13H24N2. The van der Waals surface area contributed by atoms with Crippen LogP contribution in [0.5, 0.6) is 0 Å². The zero-order valence-corrected chi connectivity index (χ0v) is 10.1. The molecule has 0 heterocycles. The van der Waals surface area contributed by atoms with E-state index < -0.39 is 0 Å². The summed E-state index contributed by atoms with van der Waals surface area (Å²) < 4.78 is 0. The summed E-state index contributed by atoms with van der Waals surface area (Å²) in [5.41, 5.74) is 0.